The van der Waals surface area contributed by atoms with Crippen LogP contribution in [0.15, 0.2) is 0 Å². The van der Waals surface area contributed by atoms with Crippen molar-refractivity contribution < 1.29 is 9.53 Å². The maximum absolute atomic E-state index is 11.0. The number of carbonyl (C=O) groups is 1. The molecule has 1 atom stereocenters. The van der Waals surface area contributed by atoms with Gasteiger partial charge in [0.2, 0.25) is 0 Å². The zero-order valence-corrected chi connectivity index (χ0v) is 8.14. The van der Waals surface area contributed by atoms with E-state index in [4.69, 9.17) is 4.74 Å². The number of hydrogen-bond acceptors (Lipinski definition) is 4. The molecule has 4 nitrogen and oxygen atoms in total. The molecule has 13 heavy (non-hydrogen) atoms. The minimum absolute atomic E-state index is 0.159. The number of piperidine rings is 1. The molecule has 0 radical (unpaired) electrons. The van der Waals surface area contributed by atoms with Gasteiger partial charge in [-0.25, -0.2) is 0 Å². The van der Waals surface area contributed by atoms with E-state index in [9.17, 15) is 4.79 Å². The zero-order chi connectivity index (χ0) is 9.52. The predicted octanol–water partition coefficient (Wildman–Crippen LogP) is -0.109. The molecule has 0 aromatic rings. The normalized spacial score (nSPS) is 22.7. The van der Waals surface area contributed by atoms with E-state index in [-0.39, 0.29) is 5.97 Å². The summed E-state index contributed by atoms with van der Waals surface area (Å²) in [6.07, 6.45) is 2.33. The van der Waals surface area contributed by atoms with Crippen molar-refractivity contribution in [2.45, 2.75) is 25.8 Å². The van der Waals surface area contributed by atoms with Crippen LogP contribution in [0.2, 0.25) is 0 Å². The Morgan fingerprint density at radius 3 is 3.15 bits per heavy atom. The highest BCUT2D eigenvalue weighted by atomic mass is 16.5. The van der Waals surface area contributed by atoms with Crippen molar-refractivity contribution in [3.05, 3.63) is 0 Å². The van der Waals surface area contributed by atoms with E-state index < -0.39 is 0 Å². The first-order valence-corrected chi connectivity index (χ1v) is 4.92. The molecule has 0 saturated carbocycles. The van der Waals surface area contributed by atoms with Crippen LogP contribution in [0.25, 0.3) is 0 Å². The van der Waals surface area contributed by atoms with E-state index in [2.05, 4.69) is 10.6 Å². The first-order chi connectivity index (χ1) is 6.33. The van der Waals surface area contributed by atoms with Crippen molar-refractivity contribution in [3.63, 3.8) is 0 Å². The molecule has 1 heterocycles. The molecule has 1 saturated heterocycles. The summed E-state index contributed by atoms with van der Waals surface area (Å²) in [6, 6.07) is 0.429. The van der Waals surface area contributed by atoms with Crippen molar-refractivity contribution in [3.8, 4) is 0 Å². The molecule has 1 aliphatic heterocycles. The lowest BCUT2D eigenvalue weighted by Gasteiger charge is -2.23. The number of hydrogen-bond donors (Lipinski definition) is 2. The molecular weight excluding hydrogens is 168 g/mol. The molecule has 1 fully saturated rings. The van der Waals surface area contributed by atoms with Crippen LogP contribution in [0.1, 0.15) is 19.8 Å². The summed E-state index contributed by atoms with van der Waals surface area (Å²) in [5, 5.41) is 6.45. The SMILES string of the molecule is CCOC(=O)CNC1CCCNC1. The minimum Gasteiger partial charge on any atom is -0.465 e. The lowest BCUT2D eigenvalue weighted by molar-refractivity contribution is -0.142. The molecule has 0 bridgehead atoms. The Labute approximate surface area is 79.0 Å². The largest absolute Gasteiger partial charge is 0.465 e. The topological polar surface area (TPSA) is 50.4 Å². The van der Waals surface area contributed by atoms with Gasteiger partial charge >= 0.3 is 5.97 Å². The van der Waals surface area contributed by atoms with Crippen molar-refractivity contribution in [1.82, 2.24) is 10.6 Å². The van der Waals surface area contributed by atoms with Crippen molar-refractivity contribution >= 4 is 5.97 Å². The van der Waals surface area contributed by atoms with Gasteiger partial charge in [-0.15, -0.1) is 0 Å². The number of carbonyl (C=O) groups excluding carboxylic acids is 1. The summed E-state index contributed by atoms with van der Waals surface area (Å²) < 4.78 is 4.81. The number of rotatable bonds is 4. The Kier molecular flexibility index (Phi) is 4.78. The lowest BCUT2D eigenvalue weighted by atomic mass is 10.1. The van der Waals surface area contributed by atoms with Crippen LogP contribution in [0, 0.1) is 0 Å². The van der Waals surface area contributed by atoms with Crippen LogP contribution in [0.5, 0.6) is 0 Å². The van der Waals surface area contributed by atoms with Gasteiger partial charge in [-0.3, -0.25) is 4.79 Å². The highest BCUT2D eigenvalue weighted by Crippen LogP contribution is 2.00. The molecule has 0 aliphatic carbocycles. The van der Waals surface area contributed by atoms with Gasteiger partial charge in [-0.1, -0.05) is 0 Å². The quantitative estimate of drug-likeness (QED) is 0.602. The third-order valence-electron chi connectivity index (χ3n) is 2.14. The van der Waals surface area contributed by atoms with E-state index in [1.165, 1.54) is 6.42 Å². The summed E-state index contributed by atoms with van der Waals surface area (Å²) in [7, 11) is 0. The van der Waals surface area contributed by atoms with Crippen LogP contribution in [0.3, 0.4) is 0 Å². The minimum atomic E-state index is -0.159. The number of esters is 1. The van der Waals surface area contributed by atoms with E-state index in [0.717, 1.165) is 19.5 Å². The Bertz CT molecular complexity index is 156. The standard InChI is InChI=1S/C9H18N2O2/c1-2-13-9(12)7-11-8-4-3-5-10-6-8/h8,10-11H,2-7H2,1H3. The Hall–Kier alpha value is -0.610. The van der Waals surface area contributed by atoms with Crippen LogP contribution in [0.4, 0.5) is 0 Å². The maximum Gasteiger partial charge on any atom is 0.319 e. The third-order valence-corrected chi connectivity index (χ3v) is 2.14. The fourth-order valence-corrected chi connectivity index (χ4v) is 1.47. The van der Waals surface area contributed by atoms with Crippen LogP contribution in [-0.4, -0.2) is 38.3 Å². The van der Waals surface area contributed by atoms with Gasteiger partial charge in [0, 0.05) is 12.6 Å². The maximum atomic E-state index is 11.0. The molecule has 1 unspecified atom stereocenters. The molecule has 2 N–H and O–H groups in total. The van der Waals surface area contributed by atoms with Gasteiger partial charge in [0.1, 0.15) is 0 Å². The molecule has 1 rings (SSSR count). The summed E-state index contributed by atoms with van der Waals surface area (Å²) in [5.41, 5.74) is 0. The number of nitrogens with one attached hydrogen (secondary N) is 2. The highest BCUT2D eigenvalue weighted by Gasteiger charge is 2.13. The smallest absolute Gasteiger partial charge is 0.319 e. The monoisotopic (exact) mass is 186 g/mol. The Morgan fingerprint density at radius 2 is 2.54 bits per heavy atom. The predicted molar refractivity (Wildman–Crippen MR) is 50.5 cm³/mol. The summed E-state index contributed by atoms with van der Waals surface area (Å²) in [6.45, 7) is 4.67. The molecule has 76 valence electrons. The fourth-order valence-electron chi connectivity index (χ4n) is 1.47. The van der Waals surface area contributed by atoms with E-state index in [1.807, 2.05) is 6.92 Å². The van der Waals surface area contributed by atoms with Gasteiger partial charge in [-0.2, -0.15) is 0 Å². The molecule has 1 aliphatic rings. The molecular formula is C9H18N2O2. The average Bonchev–Trinajstić information content (AvgIpc) is 2.17. The molecule has 0 amide bonds. The molecule has 0 aromatic carbocycles. The van der Waals surface area contributed by atoms with Crippen molar-refractivity contribution in [1.29, 1.82) is 0 Å². The first-order valence-electron chi connectivity index (χ1n) is 4.92. The lowest BCUT2D eigenvalue weighted by Crippen LogP contribution is -2.45. The van der Waals surface area contributed by atoms with Gasteiger partial charge in [-0.05, 0) is 26.3 Å². The fraction of sp³-hybridized carbons (Fsp3) is 0.889. The van der Waals surface area contributed by atoms with Crippen LogP contribution < -0.4 is 10.6 Å². The Balaban J connectivity index is 2.06. The number of ether oxygens (including phenoxy) is 1. The second kappa shape index (κ2) is 5.94. The zero-order valence-electron chi connectivity index (χ0n) is 8.14. The molecule has 0 aromatic heterocycles. The second-order valence-electron chi connectivity index (χ2n) is 3.23. The van der Waals surface area contributed by atoms with Crippen LogP contribution in [-0.2, 0) is 9.53 Å². The summed E-state index contributed by atoms with van der Waals surface area (Å²) in [4.78, 5) is 11.0. The average molecular weight is 186 g/mol. The van der Waals surface area contributed by atoms with Crippen molar-refractivity contribution in [2.75, 3.05) is 26.2 Å². The van der Waals surface area contributed by atoms with E-state index in [0.29, 0.717) is 19.2 Å². The molecule has 4 heteroatoms. The van der Waals surface area contributed by atoms with Crippen molar-refractivity contribution in [2.24, 2.45) is 0 Å². The van der Waals surface area contributed by atoms with Gasteiger partial charge in [0.15, 0.2) is 0 Å². The van der Waals surface area contributed by atoms with Crippen LogP contribution >= 0.6 is 0 Å². The summed E-state index contributed by atoms with van der Waals surface area (Å²) in [5.74, 6) is -0.159. The second-order valence-corrected chi connectivity index (χ2v) is 3.23. The van der Waals surface area contributed by atoms with Gasteiger partial charge in [0.05, 0.1) is 13.2 Å². The van der Waals surface area contributed by atoms with E-state index >= 15 is 0 Å². The van der Waals surface area contributed by atoms with Gasteiger partial charge in [0.25, 0.3) is 0 Å². The van der Waals surface area contributed by atoms with Gasteiger partial charge < -0.3 is 15.4 Å². The van der Waals surface area contributed by atoms with E-state index in [1.54, 1.807) is 0 Å². The highest BCUT2D eigenvalue weighted by molar-refractivity contribution is 5.71. The Morgan fingerprint density at radius 1 is 1.69 bits per heavy atom. The first kappa shape index (κ1) is 10.5. The molecule has 0 spiro atoms. The third kappa shape index (κ3) is 4.24. The summed E-state index contributed by atoms with van der Waals surface area (Å²) >= 11 is 0.